The number of aromatic nitrogens is 1. The van der Waals surface area contributed by atoms with Crippen LogP contribution in [0.25, 0.3) is 17.3 Å². The van der Waals surface area contributed by atoms with E-state index in [2.05, 4.69) is 10.5 Å². The second-order valence-electron chi connectivity index (χ2n) is 7.07. The van der Waals surface area contributed by atoms with Crippen molar-refractivity contribution in [3.05, 3.63) is 77.1 Å². The van der Waals surface area contributed by atoms with Gasteiger partial charge in [0, 0.05) is 25.5 Å². The van der Waals surface area contributed by atoms with Crippen LogP contribution in [0.15, 0.2) is 59.1 Å². The van der Waals surface area contributed by atoms with E-state index in [0.717, 1.165) is 12.1 Å². The molecule has 2 aromatic carbocycles. The number of nitrogens with zero attached hydrogens (tertiary/aromatic N) is 1. The van der Waals surface area contributed by atoms with E-state index in [0.29, 0.717) is 5.56 Å². The number of hydrogen-bond acceptors (Lipinski definition) is 6. The van der Waals surface area contributed by atoms with E-state index in [1.807, 2.05) is 0 Å². The van der Waals surface area contributed by atoms with Crippen LogP contribution >= 0.6 is 0 Å². The summed E-state index contributed by atoms with van der Waals surface area (Å²) in [6.07, 6.45) is -1.94. The Morgan fingerprint density at radius 3 is 2.33 bits per heavy atom. The molecular weight excluding hydrogens is 441 g/mol. The average molecular weight is 458 g/mol. The Morgan fingerprint density at radius 1 is 1.03 bits per heavy atom. The summed E-state index contributed by atoms with van der Waals surface area (Å²) in [5.41, 5.74) is -0.173. The van der Waals surface area contributed by atoms with Gasteiger partial charge in [-0.15, -0.1) is 0 Å². The number of ketones is 1. The van der Waals surface area contributed by atoms with Crippen molar-refractivity contribution in [1.82, 2.24) is 5.16 Å². The quantitative estimate of drug-likeness (QED) is 0.560. The number of anilines is 1. The number of halogens is 3. The molecule has 0 spiro atoms. The number of methoxy groups -OCH3 is 2. The van der Waals surface area contributed by atoms with E-state index in [-0.39, 0.29) is 22.7 Å². The number of carbonyl (C=O) groups excluding carboxylic acids is 2. The zero-order chi connectivity index (χ0) is 23.8. The third-order valence-corrected chi connectivity index (χ3v) is 5.23. The fourth-order valence-electron chi connectivity index (χ4n) is 3.64. The molecule has 0 radical (unpaired) electrons. The van der Waals surface area contributed by atoms with Crippen molar-refractivity contribution in [2.45, 2.75) is 12.0 Å². The fourth-order valence-corrected chi connectivity index (χ4v) is 3.64. The number of fused-ring (bicyclic) bond motifs is 1. The highest BCUT2D eigenvalue weighted by Gasteiger charge is 2.47. The van der Waals surface area contributed by atoms with Gasteiger partial charge in [-0.2, -0.15) is 13.2 Å². The van der Waals surface area contributed by atoms with Crippen molar-refractivity contribution in [2.24, 2.45) is 0 Å². The molecule has 1 N–H and O–H groups in total. The standard InChI is InChI=1S/C23H17F3N2O5/c1-31-22(32-2)18(29)12-11-17-19(22)20(28-33-17)13-7-9-14(10-8-13)27-21(30)15-5-3-4-6-16(15)23(24,25)26/h3-12H,1-2H3,(H,27,30). The highest BCUT2D eigenvalue weighted by Crippen LogP contribution is 2.41. The summed E-state index contributed by atoms with van der Waals surface area (Å²) in [5.74, 6) is -2.79. The van der Waals surface area contributed by atoms with Crippen LogP contribution in [0.1, 0.15) is 27.2 Å². The fraction of sp³-hybridized carbons (Fsp3) is 0.174. The summed E-state index contributed by atoms with van der Waals surface area (Å²) >= 11 is 0. The zero-order valence-corrected chi connectivity index (χ0v) is 17.4. The van der Waals surface area contributed by atoms with Gasteiger partial charge in [0.05, 0.1) is 16.7 Å². The van der Waals surface area contributed by atoms with Crippen molar-refractivity contribution in [1.29, 1.82) is 0 Å². The second kappa shape index (κ2) is 8.30. The van der Waals surface area contributed by atoms with E-state index >= 15 is 0 Å². The van der Waals surface area contributed by atoms with Crippen LogP contribution in [-0.2, 0) is 26.2 Å². The van der Waals surface area contributed by atoms with Gasteiger partial charge in [-0.3, -0.25) is 9.59 Å². The van der Waals surface area contributed by atoms with Crippen molar-refractivity contribution >= 4 is 23.5 Å². The molecule has 0 fully saturated rings. The summed E-state index contributed by atoms with van der Waals surface area (Å²) in [6.45, 7) is 0. The number of benzene rings is 2. The van der Waals surface area contributed by atoms with Crippen molar-refractivity contribution in [2.75, 3.05) is 19.5 Å². The first-order valence-corrected chi connectivity index (χ1v) is 9.62. The minimum atomic E-state index is -4.66. The molecule has 1 aromatic heterocycles. The molecule has 0 saturated carbocycles. The molecule has 0 unspecified atom stereocenters. The van der Waals surface area contributed by atoms with Crippen LogP contribution in [0, 0.1) is 0 Å². The molecule has 33 heavy (non-hydrogen) atoms. The number of nitrogens with one attached hydrogen (secondary N) is 1. The molecule has 4 rings (SSSR count). The van der Waals surface area contributed by atoms with Crippen molar-refractivity contribution < 1.29 is 36.8 Å². The van der Waals surface area contributed by atoms with Gasteiger partial charge in [-0.1, -0.05) is 29.4 Å². The predicted molar refractivity (Wildman–Crippen MR) is 111 cm³/mol. The monoisotopic (exact) mass is 458 g/mol. The normalized spacial score (nSPS) is 14.8. The van der Waals surface area contributed by atoms with Gasteiger partial charge >= 0.3 is 6.18 Å². The van der Waals surface area contributed by atoms with Gasteiger partial charge in [0.2, 0.25) is 5.78 Å². The average Bonchev–Trinajstić information content (AvgIpc) is 3.24. The van der Waals surface area contributed by atoms with Crippen LogP contribution in [0.4, 0.5) is 18.9 Å². The molecule has 0 atom stereocenters. The zero-order valence-electron chi connectivity index (χ0n) is 17.4. The van der Waals surface area contributed by atoms with Gasteiger partial charge in [-0.25, -0.2) is 0 Å². The summed E-state index contributed by atoms with van der Waals surface area (Å²) < 4.78 is 55.7. The SMILES string of the molecule is COC1(OC)C(=O)C=Cc2onc(-c3ccc(NC(=O)c4ccccc4C(F)(F)F)cc3)c21. The smallest absolute Gasteiger partial charge is 0.356 e. The third kappa shape index (κ3) is 3.83. The Kier molecular flexibility index (Phi) is 5.64. The number of ether oxygens (including phenoxy) is 2. The molecule has 1 heterocycles. The minimum absolute atomic E-state index is 0.263. The van der Waals surface area contributed by atoms with Gasteiger partial charge in [0.25, 0.3) is 11.7 Å². The van der Waals surface area contributed by atoms with E-state index in [1.165, 1.54) is 50.6 Å². The van der Waals surface area contributed by atoms with Crippen LogP contribution in [0.5, 0.6) is 0 Å². The number of rotatable bonds is 5. The summed E-state index contributed by atoms with van der Waals surface area (Å²) in [4.78, 5) is 25.0. The van der Waals surface area contributed by atoms with Gasteiger partial charge in [-0.05, 0) is 36.4 Å². The van der Waals surface area contributed by atoms with E-state index in [1.54, 1.807) is 12.1 Å². The Balaban J connectivity index is 1.63. The molecule has 1 aliphatic rings. The van der Waals surface area contributed by atoms with E-state index in [9.17, 15) is 22.8 Å². The summed E-state index contributed by atoms with van der Waals surface area (Å²) in [5, 5.41) is 6.47. The lowest BCUT2D eigenvalue weighted by molar-refractivity contribution is -0.209. The van der Waals surface area contributed by atoms with Gasteiger partial charge < -0.3 is 19.3 Å². The van der Waals surface area contributed by atoms with Gasteiger partial charge in [0.15, 0.2) is 5.76 Å². The molecule has 1 aliphatic carbocycles. The maximum Gasteiger partial charge on any atom is 0.417 e. The molecule has 10 heteroatoms. The Labute approximate surface area is 185 Å². The largest absolute Gasteiger partial charge is 0.417 e. The number of hydrogen-bond donors (Lipinski definition) is 1. The van der Waals surface area contributed by atoms with Crippen LogP contribution in [-0.4, -0.2) is 31.1 Å². The highest BCUT2D eigenvalue weighted by molar-refractivity contribution is 6.06. The molecule has 170 valence electrons. The first-order valence-electron chi connectivity index (χ1n) is 9.62. The van der Waals surface area contributed by atoms with E-state index < -0.39 is 34.8 Å². The van der Waals surface area contributed by atoms with Gasteiger partial charge in [0.1, 0.15) is 5.69 Å². The topological polar surface area (TPSA) is 90.7 Å². The maximum atomic E-state index is 13.2. The third-order valence-electron chi connectivity index (χ3n) is 5.23. The first-order chi connectivity index (χ1) is 15.7. The number of alkyl halides is 3. The second-order valence-corrected chi connectivity index (χ2v) is 7.07. The maximum absolute atomic E-state index is 13.2. The van der Waals surface area contributed by atoms with E-state index in [4.69, 9.17) is 14.0 Å². The van der Waals surface area contributed by atoms with Crippen LogP contribution < -0.4 is 5.32 Å². The molecule has 7 nitrogen and oxygen atoms in total. The van der Waals surface area contributed by atoms with Crippen LogP contribution in [0.2, 0.25) is 0 Å². The Hall–Kier alpha value is -3.76. The Bertz CT molecular complexity index is 1240. The first kappa shape index (κ1) is 22.4. The lowest BCUT2D eigenvalue weighted by Gasteiger charge is -2.29. The molecule has 0 saturated heterocycles. The minimum Gasteiger partial charge on any atom is -0.356 e. The lowest BCUT2D eigenvalue weighted by atomic mass is 9.91. The molecule has 0 aliphatic heterocycles. The van der Waals surface area contributed by atoms with Crippen molar-refractivity contribution in [3.8, 4) is 11.3 Å². The highest BCUT2D eigenvalue weighted by atomic mass is 19.4. The summed E-state index contributed by atoms with van der Waals surface area (Å²) in [6, 6.07) is 10.7. The molecule has 1 amide bonds. The number of carbonyl (C=O) groups is 2. The number of amides is 1. The molecular formula is C23H17F3N2O5. The molecule has 3 aromatic rings. The lowest BCUT2D eigenvalue weighted by Crippen LogP contribution is -2.41. The predicted octanol–water partition coefficient (Wildman–Crippen LogP) is 4.65. The summed E-state index contributed by atoms with van der Waals surface area (Å²) in [7, 11) is 2.64. The van der Waals surface area contributed by atoms with Crippen molar-refractivity contribution in [3.63, 3.8) is 0 Å². The molecule has 0 bridgehead atoms. The Morgan fingerprint density at radius 2 is 1.70 bits per heavy atom. The van der Waals surface area contributed by atoms with Crippen LogP contribution in [0.3, 0.4) is 0 Å².